The molecule has 8 nitrogen and oxygen atoms in total. The van der Waals surface area contributed by atoms with Gasteiger partial charge in [0.2, 0.25) is 0 Å². The van der Waals surface area contributed by atoms with E-state index in [9.17, 15) is 0 Å². The number of nitrogens with one attached hydrogen (secondary N) is 2. The normalized spacial score (nSPS) is 11.5. The van der Waals surface area contributed by atoms with E-state index in [0.29, 0.717) is 5.69 Å². The maximum absolute atomic E-state index is 5.90. The molecule has 0 amide bonds. The first kappa shape index (κ1) is 17.4. The zero-order chi connectivity index (χ0) is 20.9. The predicted octanol–water partition coefficient (Wildman–Crippen LogP) is 4.24. The Bertz CT molecular complexity index is 1570. The van der Waals surface area contributed by atoms with Crippen molar-refractivity contribution in [2.24, 2.45) is 0 Å². The second kappa shape index (κ2) is 6.53. The number of hydrogen-bond donors (Lipinski definition) is 3. The van der Waals surface area contributed by atoms with E-state index in [0.717, 1.165) is 56.0 Å². The van der Waals surface area contributed by atoms with Crippen LogP contribution < -0.4 is 5.73 Å². The average Bonchev–Trinajstić information content (AvgIpc) is 3.50. The van der Waals surface area contributed by atoms with Gasteiger partial charge in [-0.1, -0.05) is 6.07 Å². The zero-order valence-electron chi connectivity index (χ0n) is 16.7. The summed E-state index contributed by atoms with van der Waals surface area (Å²) in [6.07, 6.45) is 7.22. The quantitative estimate of drug-likeness (QED) is 0.407. The zero-order valence-corrected chi connectivity index (χ0v) is 16.7. The number of aromatic amines is 2. The van der Waals surface area contributed by atoms with Gasteiger partial charge in [0.1, 0.15) is 11.2 Å². The molecule has 5 heterocycles. The minimum Gasteiger partial charge on any atom is -0.397 e. The highest BCUT2D eigenvalue weighted by atomic mass is 15.1. The summed E-state index contributed by atoms with van der Waals surface area (Å²) in [7, 11) is 0. The topological polar surface area (TPSA) is 114 Å². The predicted molar refractivity (Wildman–Crippen MR) is 121 cm³/mol. The van der Waals surface area contributed by atoms with Gasteiger partial charge in [-0.2, -0.15) is 5.10 Å². The molecule has 0 aliphatic carbocycles. The number of aromatic nitrogens is 7. The lowest BCUT2D eigenvalue weighted by molar-refractivity contribution is 1.07. The standard InChI is InChI=1S/C23H18N8/c1-13-11-31(12-26-13)21-4-2-3-18-16(21)8-20(27-18)23-22-19(29-30-23)6-5-17(28-22)14-7-15(24)10-25-9-14/h2-12,27H,24H2,1H3,(H,29,30). The summed E-state index contributed by atoms with van der Waals surface area (Å²) in [6, 6.07) is 14.0. The molecule has 0 fully saturated rings. The van der Waals surface area contributed by atoms with Crippen molar-refractivity contribution in [2.45, 2.75) is 6.92 Å². The number of pyridine rings is 2. The molecule has 6 rings (SSSR count). The Hall–Kier alpha value is -4.46. The monoisotopic (exact) mass is 406 g/mol. The van der Waals surface area contributed by atoms with E-state index in [1.165, 1.54) is 0 Å². The fourth-order valence-corrected chi connectivity index (χ4v) is 3.89. The average molecular weight is 406 g/mol. The van der Waals surface area contributed by atoms with Crippen LogP contribution in [-0.2, 0) is 0 Å². The van der Waals surface area contributed by atoms with E-state index >= 15 is 0 Å². The Morgan fingerprint density at radius 2 is 1.97 bits per heavy atom. The second-order valence-corrected chi connectivity index (χ2v) is 7.52. The first-order valence-corrected chi connectivity index (χ1v) is 9.85. The van der Waals surface area contributed by atoms with Gasteiger partial charge in [0.05, 0.1) is 40.3 Å². The smallest absolute Gasteiger partial charge is 0.135 e. The van der Waals surface area contributed by atoms with Gasteiger partial charge in [0.25, 0.3) is 0 Å². The van der Waals surface area contributed by atoms with Crippen LogP contribution in [0, 0.1) is 6.92 Å². The fourth-order valence-electron chi connectivity index (χ4n) is 3.89. The van der Waals surface area contributed by atoms with Gasteiger partial charge in [0.15, 0.2) is 0 Å². The molecule has 150 valence electrons. The number of fused-ring (bicyclic) bond motifs is 2. The van der Waals surface area contributed by atoms with Crippen molar-refractivity contribution < 1.29 is 0 Å². The van der Waals surface area contributed by atoms with Crippen LogP contribution in [0.3, 0.4) is 0 Å². The SMILES string of the molecule is Cc1cn(-c2cccc3[nH]c(-c4n[nH]c5ccc(-c6cncc(N)c6)nc45)cc23)cn1. The summed E-state index contributed by atoms with van der Waals surface area (Å²) in [5.74, 6) is 0. The molecule has 0 unspecified atom stereocenters. The Morgan fingerprint density at radius 3 is 2.81 bits per heavy atom. The van der Waals surface area contributed by atoms with Crippen LogP contribution >= 0.6 is 0 Å². The van der Waals surface area contributed by atoms with E-state index in [1.54, 1.807) is 12.4 Å². The molecule has 4 N–H and O–H groups in total. The number of hydrogen-bond acceptors (Lipinski definition) is 5. The molecule has 0 saturated carbocycles. The van der Waals surface area contributed by atoms with Crippen LogP contribution in [0.15, 0.2) is 67.4 Å². The van der Waals surface area contributed by atoms with E-state index in [1.807, 2.05) is 48.3 Å². The van der Waals surface area contributed by atoms with Crippen LogP contribution in [0.25, 0.3) is 50.3 Å². The number of rotatable bonds is 3. The van der Waals surface area contributed by atoms with E-state index in [2.05, 4.69) is 43.3 Å². The maximum Gasteiger partial charge on any atom is 0.135 e. The van der Waals surface area contributed by atoms with Crippen LogP contribution in [0.1, 0.15) is 5.69 Å². The van der Waals surface area contributed by atoms with Gasteiger partial charge in [-0.15, -0.1) is 0 Å². The number of benzene rings is 1. The van der Waals surface area contributed by atoms with Crippen molar-refractivity contribution in [2.75, 3.05) is 5.73 Å². The Labute approximate surface area is 176 Å². The van der Waals surface area contributed by atoms with E-state index in [4.69, 9.17) is 10.7 Å². The lowest BCUT2D eigenvalue weighted by atomic mass is 10.1. The molecule has 5 aromatic heterocycles. The summed E-state index contributed by atoms with van der Waals surface area (Å²) in [6.45, 7) is 1.98. The summed E-state index contributed by atoms with van der Waals surface area (Å²) < 4.78 is 2.03. The van der Waals surface area contributed by atoms with Gasteiger partial charge in [-0.05, 0) is 43.3 Å². The third-order valence-corrected chi connectivity index (χ3v) is 5.35. The molecular formula is C23H18N8. The van der Waals surface area contributed by atoms with Gasteiger partial charge in [-0.25, -0.2) is 9.97 Å². The van der Waals surface area contributed by atoms with Crippen molar-refractivity contribution in [3.8, 4) is 28.3 Å². The summed E-state index contributed by atoms with van der Waals surface area (Å²) in [5.41, 5.74) is 14.5. The first-order valence-electron chi connectivity index (χ1n) is 9.85. The van der Waals surface area contributed by atoms with Crippen LogP contribution in [-0.4, -0.2) is 34.7 Å². The lowest BCUT2D eigenvalue weighted by Crippen LogP contribution is -1.90. The minimum atomic E-state index is 0.602. The highest BCUT2D eigenvalue weighted by molar-refractivity contribution is 5.97. The van der Waals surface area contributed by atoms with Crippen LogP contribution in [0.4, 0.5) is 5.69 Å². The van der Waals surface area contributed by atoms with Crippen molar-refractivity contribution in [3.63, 3.8) is 0 Å². The number of anilines is 1. The molecule has 0 saturated heterocycles. The van der Waals surface area contributed by atoms with Crippen molar-refractivity contribution >= 4 is 27.6 Å². The Balaban J connectivity index is 1.51. The van der Waals surface area contributed by atoms with Crippen molar-refractivity contribution in [1.29, 1.82) is 0 Å². The number of imidazole rings is 1. The van der Waals surface area contributed by atoms with Gasteiger partial charge in [-0.3, -0.25) is 10.1 Å². The van der Waals surface area contributed by atoms with Crippen molar-refractivity contribution in [3.05, 3.63) is 73.1 Å². The molecule has 8 heteroatoms. The second-order valence-electron chi connectivity index (χ2n) is 7.52. The van der Waals surface area contributed by atoms with Gasteiger partial charge in [0, 0.05) is 35.1 Å². The van der Waals surface area contributed by atoms with Gasteiger partial charge >= 0.3 is 0 Å². The van der Waals surface area contributed by atoms with Crippen molar-refractivity contribution in [1.82, 2.24) is 34.7 Å². The Kier molecular flexibility index (Phi) is 3.66. The fraction of sp³-hybridized carbons (Fsp3) is 0.0435. The number of nitrogens with two attached hydrogens (primary N) is 1. The summed E-state index contributed by atoms with van der Waals surface area (Å²) in [4.78, 5) is 16.9. The molecule has 0 bridgehead atoms. The molecule has 0 spiro atoms. The molecule has 0 atom stereocenters. The summed E-state index contributed by atoms with van der Waals surface area (Å²) in [5, 5.41) is 8.71. The number of H-pyrrole nitrogens is 2. The third kappa shape index (κ3) is 2.84. The summed E-state index contributed by atoms with van der Waals surface area (Å²) >= 11 is 0. The van der Waals surface area contributed by atoms with E-state index < -0.39 is 0 Å². The lowest BCUT2D eigenvalue weighted by Gasteiger charge is -2.03. The minimum absolute atomic E-state index is 0.602. The number of nitrogens with zero attached hydrogens (tertiary/aromatic N) is 5. The van der Waals surface area contributed by atoms with Gasteiger partial charge < -0.3 is 15.3 Å². The molecule has 6 aromatic rings. The molecule has 31 heavy (non-hydrogen) atoms. The maximum atomic E-state index is 5.90. The number of aryl methyl sites for hydroxylation is 1. The molecular weight excluding hydrogens is 388 g/mol. The highest BCUT2D eigenvalue weighted by Crippen LogP contribution is 2.32. The van der Waals surface area contributed by atoms with Crippen LogP contribution in [0.5, 0.6) is 0 Å². The Morgan fingerprint density at radius 1 is 1.03 bits per heavy atom. The molecule has 1 aromatic carbocycles. The molecule has 0 aliphatic heterocycles. The highest BCUT2D eigenvalue weighted by Gasteiger charge is 2.15. The molecule has 0 radical (unpaired) electrons. The van der Waals surface area contributed by atoms with E-state index in [-0.39, 0.29) is 0 Å². The first-order chi connectivity index (χ1) is 15.2. The molecule has 0 aliphatic rings. The third-order valence-electron chi connectivity index (χ3n) is 5.35. The largest absolute Gasteiger partial charge is 0.397 e. The number of nitrogen functional groups attached to an aromatic ring is 1. The van der Waals surface area contributed by atoms with Crippen LogP contribution in [0.2, 0.25) is 0 Å².